The monoisotopic (exact) mass is 320 g/mol. The maximum Gasteiger partial charge on any atom is 0.433 e. The molecule has 0 radical (unpaired) electrons. The van der Waals surface area contributed by atoms with Gasteiger partial charge >= 0.3 is 12.2 Å². The summed E-state index contributed by atoms with van der Waals surface area (Å²) < 4.78 is 37.6. The average molecular weight is 320 g/mol. The second-order valence-electron chi connectivity index (χ2n) is 4.35. The van der Waals surface area contributed by atoms with Gasteiger partial charge in [0.2, 0.25) is 0 Å². The van der Waals surface area contributed by atoms with Crippen LogP contribution < -0.4 is 16.2 Å². The standard InChI is InChI=1S/C15H11F3N4O/c1-2-10-3-5-11(6-4-10)21-22-14(23)20-12-7-8-19-13(9-12)15(16,17)18/h1,3-9,21H,(H2,19,20,22,23). The SMILES string of the molecule is C#Cc1ccc(NNC(=O)Nc2ccnc(C(F)(F)F)c2)cc1. The number of carbonyl (C=O) groups excluding carboxylic acids is 1. The van der Waals surface area contributed by atoms with E-state index < -0.39 is 17.9 Å². The van der Waals surface area contributed by atoms with Crippen molar-refractivity contribution in [3.63, 3.8) is 0 Å². The van der Waals surface area contributed by atoms with E-state index in [0.29, 0.717) is 11.3 Å². The number of benzene rings is 1. The van der Waals surface area contributed by atoms with Crippen LogP contribution in [0.25, 0.3) is 0 Å². The number of aromatic nitrogens is 1. The Morgan fingerprint density at radius 1 is 1.13 bits per heavy atom. The predicted molar refractivity (Wildman–Crippen MR) is 79.4 cm³/mol. The fraction of sp³-hybridized carbons (Fsp3) is 0.0667. The van der Waals surface area contributed by atoms with Crippen molar-refractivity contribution >= 4 is 17.4 Å². The molecule has 1 aromatic heterocycles. The van der Waals surface area contributed by atoms with Crippen LogP contribution in [0.5, 0.6) is 0 Å². The first-order valence-corrected chi connectivity index (χ1v) is 6.31. The number of carbonyl (C=O) groups is 1. The molecule has 0 aliphatic carbocycles. The van der Waals surface area contributed by atoms with Crippen molar-refractivity contribution in [3.05, 3.63) is 53.9 Å². The van der Waals surface area contributed by atoms with Gasteiger partial charge in [-0.05, 0) is 36.4 Å². The summed E-state index contributed by atoms with van der Waals surface area (Å²) in [6.45, 7) is 0. The molecule has 0 spiro atoms. The van der Waals surface area contributed by atoms with Crippen LogP contribution in [0.15, 0.2) is 42.6 Å². The quantitative estimate of drug-likeness (QED) is 0.601. The number of pyridine rings is 1. The minimum absolute atomic E-state index is 0.0331. The largest absolute Gasteiger partial charge is 0.433 e. The first kappa shape index (κ1) is 16.2. The van der Waals surface area contributed by atoms with Crippen molar-refractivity contribution in [1.29, 1.82) is 0 Å². The Kier molecular flexibility index (Phi) is 4.71. The van der Waals surface area contributed by atoms with E-state index in [4.69, 9.17) is 6.42 Å². The van der Waals surface area contributed by atoms with Gasteiger partial charge in [-0.15, -0.1) is 6.42 Å². The summed E-state index contributed by atoms with van der Waals surface area (Å²) in [7, 11) is 0. The second-order valence-corrected chi connectivity index (χ2v) is 4.35. The van der Waals surface area contributed by atoms with Gasteiger partial charge in [-0.1, -0.05) is 5.92 Å². The molecule has 1 aromatic carbocycles. The molecule has 0 unspecified atom stereocenters. The molecule has 1 heterocycles. The van der Waals surface area contributed by atoms with Crippen molar-refractivity contribution in [3.8, 4) is 12.3 Å². The summed E-state index contributed by atoms with van der Waals surface area (Å²) in [5.74, 6) is 2.44. The minimum Gasteiger partial charge on any atom is -0.306 e. The smallest absolute Gasteiger partial charge is 0.306 e. The number of halogens is 3. The number of hydrazine groups is 1. The highest BCUT2D eigenvalue weighted by Gasteiger charge is 2.32. The summed E-state index contributed by atoms with van der Waals surface area (Å²) in [5.41, 5.74) is 5.00. The average Bonchev–Trinajstić information content (AvgIpc) is 2.53. The first-order chi connectivity index (χ1) is 10.9. The Bertz CT molecular complexity index is 736. The number of amides is 2. The number of anilines is 2. The highest BCUT2D eigenvalue weighted by atomic mass is 19.4. The van der Waals surface area contributed by atoms with Crippen LogP contribution in [0.4, 0.5) is 29.3 Å². The van der Waals surface area contributed by atoms with Crippen LogP contribution in [0, 0.1) is 12.3 Å². The van der Waals surface area contributed by atoms with E-state index in [1.54, 1.807) is 24.3 Å². The van der Waals surface area contributed by atoms with Gasteiger partial charge in [0.15, 0.2) is 0 Å². The van der Waals surface area contributed by atoms with E-state index >= 15 is 0 Å². The van der Waals surface area contributed by atoms with Crippen LogP contribution in [0.2, 0.25) is 0 Å². The fourth-order valence-corrected chi connectivity index (χ4v) is 1.60. The third-order valence-corrected chi connectivity index (χ3v) is 2.68. The number of hydrogen-bond acceptors (Lipinski definition) is 3. The number of terminal acetylenes is 1. The lowest BCUT2D eigenvalue weighted by molar-refractivity contribution is -0.141. The third-order valence-electron chi connectivity index (χ3n) is 2.68. The molecule has 0 saturated carbocycles. The summed E-state index contributed by atoms with van der Waals surface area (Å²) >= 11 is 0. The molecule has 2 rings (SSSR count). The molecule has 3 N–H and O–H groups in total. The van der Waals surface area contributed by atoms with Crippen LogP contribution in [0.3, 0.4) is 0 Å². The van der Waals surface area contributed by atoms with E-state index in [1.165, 1.54) is 6.07 Å². The molecule has 0 aliphatic heterocycles. The van der Waals surface area contributed by atoms with E-state index in [9.17, 15) is 18.0 Å². The Hall–Kier alpha value is -3.21. The van der Waals surface area contributed by atoms with Crippen LogP contribution in [-0.2, 0) is 6.18 Å². The number of nitrogens with zero attached hydrogens (tertiary/aromatic N) is 1. The lowest BCUT2D eigenvalue weighted by atomic mass is 10.2. The molecule has 2 amide bonds. The zero-order valence-corrected chi connectivity index (χ0v) is 11.6. The molecule has 2 aromatic rings. The zero-order chi connectivity index (χ0) is 16.9. The minimum atomic E-state index is -4.58. The molecule has 0 atom stereocenters. The molecule has 8 heteroatoms. The molecule has 0 aliphatic rings. The maximum atomic E-state index is 12.5. The van der Waals surface area contributed by atoms with Crippen molar-refractivity contribution in [1.82, 2.24) is 10.4 Å². The van der Waals surface area contributed by atoms with Gasteiger partial charge in [-0.2, -0.15) is 13.2 Å². The van der Waals surface area contributed by atoms with Gasteiger partial charge in [0.25, 0.3) is 0 Å². The number of hydrogen-bond donors (Lipinski definition) is 3. The van der Waals surface area contributed by atoms with Crippen molar-refractivity contribution < 1.29 is 18.0 Å². The van der Waals surface area contributed by atoms with Crippen molar-refractivity contribution in [2.24, 2.45) is 0 Å². The third kappa shape index (κ3) is 4.64. The van der Waals surface area contributed by atoms with Gasteiger partial charge in [-0.25, -0.2) is 4.79 Å². The summed E-state index contributed by atoms with van der Waals surface area (Å²) in [5, 5.41) is 2.26. The normalized spacial score (nSPS) is 10.5. The topological polar surface area (TPSA) is 66.0 Å². The molecule has 0 bridgehead atoms. The summed E-state index contributed by atoms with van der Waals surface area (Å²) in [4.78, 5) is 14.9. The molecular weight excluding hydrogens is 309 g/mol. The van der Waals surface area contributed by atoms with E-state index in [-0.39, 0.29) is 5.69 Å². The highest BCUT2D eigenvalue weighted by Crippen LogP contribution is 2.28. The number of nitrogens with one attached hydrogen (secondary N) is 3. The summed E-state index contributed by atoms with van der Waals surface area (Å²) in [6.07, 6.45) is 1.60. The van der Waals surface area contributed by atoms with Crippen molar-refractivity contribution in [2.45, 2.75) is 6.18 Å². The summed E-state index contributed by atoms with van der Waals surface area (Å²) in [6, 6.07) is 7.87. The first-order valence-electron chi connectivity index (χ1n) is 6.31. The molecule has 118 valence electrons. The van der Waals surface area contributed by atoms with Gasteiger partial charge in [0, 0.05) is 17.4 Å². The lowest BCUT2D eigenvalue weighted by Gasteiger charge is -2.11. The Morgan fingerprint density at radius 3 is 2.43 bits per heavy atom. The number of alkyl halides is 3. The van der Waals surface area contributed by atoms with E-state index in [1.807, 2.05) is 0 Å². The Balaban J connectivity index is 1.93. The lowest BCUT2D eigenvalue weighted by Crippen LogP contribution is -2.33. The van der Waals surface area contributed by atoms with Gasteiger partial charge in [0.1, 0.15) is 5.69 Å². The predicted octanol–water partition coefficient (Wildman–Crippen LogP) is 3.23. The van der Waals surface area contributed by atoms with E-state index in [0.717, 1.165) is 12.3 Å². The zero-order valence-electron chi connectivity index (χ0n) is 11.6. The van der Waals surface area contributed by atoms with Crippen molar-refractivity contribution in [2.75, 3.05) is 10.7 Å². The van der Waals surface area contributed by atoms with Gasteiger partial charge in [0.05, 0.1) is 5.69 Å². The Morgan fingerprint density at radius 2 is 1.83 bits per heavy atom. The molecule has 0 saturated heterocycles. The highest BCUT2D eigenvalue weighted by molar-refractivity contribution is 5.89. The second kappa shape index (κ2) is 6.70. The maximum absolute atomic E-state index is 12.5. The van der Waals surface area contributed by atoms with Gasteiger partial charge < -0.3 is 5.32 Å². The molecular formula is C15H11F3N4O. The molecule has 0 fully saturated rings. The van der Waals surface area contributed by atoms with E-state index in [2.05, 4.69) is 27.1 Å². The molecule has 5 nitrogen and oxygen atoms in total. The van der Waals surface area contributed by atoms with Gasteiger partial charge in [-0.3, -0.25) is 15.8 Å². The number of urea groups is 1. The number of rotatable bonds is 3. The Labute approximate surface area is 129 Å². The molecule has 23 heavy (non-hydrogen) atoms. The van der Waals surface area contributed by atoms with Crippen LogP contribution >= 0.6 is 0 Å². The fourth-order valence-electron chi connectivity index (χ4n) is 1.60. The van der Waals surface area contributed by atoms with Crippen LogP contribution in [0.1, 0.15) is 11.3 Å². The van der Waals surface area contributed by atoms with Crippen LogP contribution in [-0.4, -0.2) is 11.0 Å².